The number of amides is 1. The molecule has 1 aliphatic rings. The van der Waals surface area contributed by atoms with Crippen LogP contribution < -0.4 is 0 Å². The lowest BCUT2D eigenvalue weighted by molar-refractivity contribution is -0.160. The average Bonchev–Trinajstić information content (AvgIpc) is 2.87. The molecule has 0 radical (unpaired) electrons. The van der Waals surface area contributed by atoms with E-state index < -0.39 is 24.1 Å². The second kappa shape index (κ2) is 7.58. The Labute approximate surface area is 134 Å². The Morgan fingerprint density at radius 1 is 1.00 bits per heavy atom. The van der Waals surface area contributed by atoms with Gasteiger partial charge in [0.1, 0.15) is 0 Å². The highest BCUT2D eigenvalue weighted by molar-refractivity contribution is 5.92. The molecule has 23 heavy (non-hydrogen) atoms. The van der Waals surface area contributed by atoms with Crippen molar-refractivity contribution in [1.29, 1.82) is 0 Å². The van der Waals surface area contributed by atoms with E-state index in [0.29, 0.717) is 0 Å². The van der Waals surface area contributed by atoms with Crippen LogP contribution >= 0.6 is 0 Å². The summed E-state index contributed by atoms with van der Waals surface area (Å²) in [4.78, 5) is 36.0. The van der Waals surface area contributed by atoms with Crippen LogP contribution in [0.5, 0.6) is 0 Å². The molecule has 1 amide bonds. The number of esters is 2. The fourth-order valence-corrected chi connectivity index (χ4v) is 2.41. The number of carbonyl (C=O) groups is 3. The molecule has 1 aromatic rings. The van der Waals surface area contributed by atoms with Crippen LogP contribution in [0.15, 0.2) is 36.4 Å². The summed E-state index contributed by atoms with van der Waals surface area (Å²) in [6.45, 7) is 2.97. The molecule has 0 bridgehead atoms. The summed E-state index contributed by atoms with van der Waals surface area (Å²) >= 11 is 0. The fraction of sp³-hybridized carbons (Fsp3) is 0.353. The normalized spacial score (nSPS) is 20.5. The van der Waals surface area contributed by atoms with Crippen LogP contribution in [-0.4, -0.2) is 48.0 Å². The minimum Gasteiger partial charge on any atom is -0.457 e. The summed E-state index contributed by atoms with van der Waals surface area (Å²) in [5.74, 6) is -1.16. The number of hydrogen-bond donors (Lipinski definition) is 0. The van der Waals surface area contributed by atoms with Crippen molar-refractivity contribution in [1.82, 2.24) is 4.90 Å². The van der Waals surface area contributed by atoms with E-state index in [4.69, 9.17) is 9.47 Å². The van der Waals surface area contributed by atoms with Crippen LogP contribution in [0, 0.1) is 0 Å². The third-order valence-corrected chi connectivity index (χ3v) is 3.38. The maximum Gasteiger partial charge on any atom is 0.303 e. The molecule has 2 rings (SSSR count). The first-order valence-corrected chi connectivity index (χ1v) is 7.32. The third kappa shape index (κ3) is 4.95. The van der Waals surface area contributed by atoms with Gasteiger partial charge in [0.05, 0.1) is 13.1 Å². The number of hydrogen-bond acceptors (Lipinski definition) is 5. The van der Waals surface area contributed by atoms with E-state index in [1.807, 2.05) is 30.3 Å². The quantitative estimate of drug-likeness (QED) is 0.620. The lowest BCUT2D eigenvalue weighted by atomic mass is 10.2. The summed E-state index contributed by atoms with van der Waals surface area (Å²) in [6, 6.07) is 9.43. The standard InChI is InChI=1S/C17H19NO5/c1-12(19)22-15-10-18(11-16(15)23-13(2)20)17(21)9-8-14-6-4-3-5-7-14/h3-9,15-16H,10-11H2,1-2H3/b9-8+/t15-,16-/m0/s1. The van der Waals surface area contributed by atoms with Crippen LogP contribution in [0.1, 0.15) is 19.4 Å². The van der Waals surface area contributed by atoms with Gasteiger partial charge in [-0.15, -0.1) is 0 Å². The topological polar surface area (TPSA) is 72.9 Å². The molecule has 6 heteroatoms. The zero-order chi connectivity index (χ0) is 16.8. The molecule has 0 spiro atoms. The summed E-state index contributed by atoms with van der Waals surface area (Å²) in [6.07, 6.45) is 1.90. The molecule has 1 fully saturated rings. The van der Waals surface area contributed by atoms with E-state index in [-0.39, 0.29) is 19.0 Å². The van der Waals surface area contributed by atoms with E-state index in [2.05, 4.69) is 0 Å². The Kier molecular flexibility index (Phi) is 5.51. The molecule has 6 nitrogen and oxygen atoms in total. The molecule has 0 aromatic heterocycles. The Bertz CT molecular complexity index is 587. The molecule has 1 aromatic carbocycles. The van der Waals surface area contributed by atoms with Gasteiger partial charge in [0.25, 0.3) is 0 Å². The summed E-state index contributed by atoms with van der Waals surface area (Å²) in [5.41, 5.74) is 0.910. The smallest absolute Gasteiger partial charge is 0.303 e. The number of likely N-dealkylation sites (tertiary alicyclic amines) is 1. The molecule has 2 atom stereocenters. The highest BCUT2D eigenvalue weighted by Crippen LogP contribution is 2.18. The van der Waals surface area contributed by atoms with Crippen LogP contribution in [0.2, 0.25) is 0 Å². The second-order valence-electron chi connectivity index (χ2n) is 5.28. The highest BCUT2D eigenvalue weighted by atomic mass is 16.6. The lowest BCUT2D eigenvalue weighted by Crippen LogP contribution is -2.32. The van der Waals surface area contributed by atoms with E-state index >= 15 is 0 Å². The molecule has 122 valence electrons. The minimum absolute atomic E-state index is 0.204. The van der Waals surface area contributed by atoms with Crippen molar-refractivity contribution >= 4 is 23.9 Å². The van der Waals surface area contributed by atoms with Gasteiger partial charge in [0.2, 0.25) is 5.91 Å². The first-order chi connectivity index (χ1) is 11.0. The SMILES string of the molecule is CC(=O)O[C@H]1CN(C(=O)/C=C/c2ccccc2)C[C@@H]1OC(C)=O. The van der Waals surface area contributed by atoms with Crippen LogP contribution in [0.4, 0.5) is 0 Å². The van der Waals surface area contributed by atoms with Crippen LogP contribution in [-0.2, 0) is 23.9 Å². The van der Waals surface area contributed by atoms with Gasteiger partial charge in [0, 0.05) is 19.9 Å². The van der Waals surface area contributed by atoms with Gasteiger partial charge in [-0.1, -0.05) is 30.3 Å². The Hall–Kier alpha value is -2.63. The zero-order valence-electron chi connectivity index (χ0n) is 13.1. The first-order valence-electron chi connectivity index (χ1n) is 7.32. The van der Waals surface area contributed by atoms with Crippen molar-refractivity contribution in [2.75, 3.05) is 13.1 Å². The predicted octanol–water partition coefficient (Wildman–Crippen LogP) is 1.41. The number of benzene rings is 1. The molecule has 1 aliphatic heterocycles. The van der Waals surface area contributed by atoms with Crippen molar-refractivity contribution in [3.05, 3.63) is 42.0 Å². The van der Waals surface area contributed by atoms with Crippen molar-refractivity contribution in [2.24, 2.45) is 0 Å². The van der Waals surface area contributed by atoms with Gasteiger partial charge >= 0.3 is 11.9 Å². The Balaban J connectivity index is 2.02. The van der Waals surface area contributed by atoms with Crippen molar-refractivity contribution < 1.29 is 23.9 Å². The number of rotatable bonds is 4. The monoisotopic (exact) mass is 317 g/mol. The summed E-state index contributed by atoms with van der Waals surface area (Å²) in [5, 5.41) is 0. The predicted molar refractivity (Wildman–Crippen MR) is 83.2 cm³/mol. The van der Waals surface area contributed by atoms with E-state index in [9.17, 15) is 14.4 Å². The first kappa shape index (κ1) is 16.7. The van der Waals surface area contributed by atoms with Crippen molar-refractivity contribution in [3.63, 3.8) is 0 Å². The maximum atomic E-state index is 12.2. The Morgan fingerprint density at radius 3 is 2.00 bits per heavy atom. The zero-order valence-corrected chi connectivity index (χ0v) is 13.1. The van der Waals surface area contributed by atoms with E-state index in [1.165, 1.54) is 24.8 Å². The largest absolute Gasteiger partial charge is 0.457 e. The second-order valence-corrected chi connectivity index (χ2v) is 5.28. The van der Waals surface area contributed by atoms with Crippen LogP contribution in [0.3, 0.4) is 0 Å². The molecular formula is C17H19NO5. The molecule has 0 unspecified atom stereocenters. The number of ether oxygens (including phenoxy) is 2. The van der Waals surface area contributed by atoms with Gasteiger partial charge < -0.3 is 14.4 Å². The van der Waals surface area contributed by atoms with Gasteiger partial charge in [-0.05, 0) is 11.6 Å². The maximum absolute atomic E-state index is 12.2. The lowest BCUT2D eigenvalue weighted by Gasteiger charge is -2.17. The molecule has 0 N–H and O–H groups in total. The van der Waals surface area contributed by atoms with E-state index in [0.717, 1.165) is 5.56 Å². The van der Waals surface area contributed by atoms with Crippen LogP contribution in [0.25, 0.3) is 6.08 Å². The Morgan fingerprint density at radius 2 is 1.52 bits per heavy atom. The molecule has 1 saturated heterocycles. The number of carbonyl (C=O) groups excluding carboxylic acids is 3. The van der Waals surface area contributed by atoms with Gasteiger partial charge in [-0.2, -0.15) is 0 Å². The van der Waals surface area contributed by atoms with Crippen molar-refractivity contribution in [3.8, 4) is 0 Å². The molecule has 0 saturated carbocycles. The fourth-order valence-electron chi connectivity index (χ4n) is 2.41. The average molecular weight is 317 g/mol. The summed E-state index contributed by atoms with van der Waals surface area (Å²) in [7, 11) is 0. The minimum atomic E-state index is -0.634. The van der Waals surface area contributed by atoms with Gasteiger partial charge in [0.15, 0.2) is 12.2 Å². The molecular weight excluding hydrogens is 298 g/mol. The third-order valence-electron chi connectivity index (χ3n) is 3.38. The van der Waals surface area contributed by atoms with Gasteiger partial charge in [-0.3, -0.25) is 14.4 Å². The van der Waals surface area contributed by atoms with Crippen molar-refractivity contribution in [2.45, 2.75) is 26.1 Å². The summed E-state index contributed by atoms with van der Waals surface area (Å²) < 4.78 is 10.3. The van der Waals surface area contributed by atoms with E-state index in [1.54, 1.807) is 6.08 Å². The highest BCUT2D eigenvalue weighted by Gasteiger charge is 2.38. The molecule has 1 heterocycles. The molecule has 0 aliphatic carbocycles. The van der Waals surface area contributed by atoms with Gasteiger partial charge in [-0.25, -0.2) is 0 Å². The number of nitrogens with zero attached hydrogens (tertiary/aromatic N) is 1.